The third-order valence-electron chi connectivity index (χ3n) is 4.56. The Morgan fingerprint density at radius 3 is 2.41 bits per heavy atom. The highest BCUT2D eigenvalue weighted by Gasteiger charge is 2.16. The summed E-state index contributed by atoms with van der Waals surface area (Å²) >= 11 is 20.2. The lowest BCUT2D eigenvalue weighted by Crippen LogP contribution is -2.22. The van der Waals surface area contributed by atoms with E-state index in [2.05, 4.69) is 0 Å². The maximum absolute atomic E-state index is 13.4. The highest BCUT2D eigenvalue weighted by Crippen LogP contribution is 2.32. The van der Waals surface area contributed by atoms with E-state index in [4.69, 9.17) is 39.8 Å². The third kappa shape index (κ3) is 4.03. The second-order valence-electron chi connectivity index (χ2n) is 6.47. The van der Waals surface area contributed by atoms with Gasteiger partial charge in [-0.3, -0.25) is 9.36 Å². The Kier molecular flexibility index (Phi) is 5.88. The van der Waals surface area contributed by atoms with Crippen molar-refractivity contribution in [2.75, 3.05) is 0 Å². The van der Waals surface area contributed by atoms with E-state index in [1.165, 1.54) is 11.8 Å². The Labute approximate surface area is 187 Å². The molecule has 0 radical (unpaired) electrons. The number of hydrogen-bond donors (Lipinski definition) is 0. The van der Waals surface area contributed by atoms with E-state index in [9.17, 15) is 4.79 Å². The molecule has 0 aliphatic heterocycles. The van der Waals surface area contributed by atoms with Gasteiger partial charge in [-0.15, -0.1) is 0 Å². The Morgan fingerprint density at radius 2 is 1.69 bits per heavy atom. The maximum Gasteiger partial charge on any atom is 0.266 e. The van der Waals surface area contributed by atoms with Crippen molar-refractivity contribution in [3.8, 4) is 5.69 Å². The summed E-state index contributed by atoms with van der Waals surface area (Å²) in [6.07, 6.45) is 0. The van der Waals surface area contributed by atoms with E-state index < -0.39 is 0 Å². The monoisotopic (exact) mass is 460 g/mol. The summed E-state index contributed by atoms with van der Waals surface area (Å²) in [4.78, 5) is 18.1. The Morgan fingerprint density at radius 1 is 0.966 bits per heavy atom. The highest BCUT2D eigenvalue weighted by molar-refractivity contribution is 7.98. The molecule has 7 heteroatoms. The molecule has 0 unspecified atom stereocenters. The van der Waals surface area contributed by atoms with E-state index in [0.29, 0.717) is 36.9 Å². The van der Waals surface area contributed by atoms with E-state index >= 15 is 0 Å². The molecule has 0 aliphatic carbocycles. The minimum Gasteiger partial charge on any atom is -0.268 e. The number of rotatable bonds is 4. The van der Waals surface area contributed by atoms with Gasteiger partial charge in [0.2, 0.25) is 0 Å². The first kappa shape index (κ1) is 20.3. The number of thioether (sulfide) groups is 1. The molecule has 4 aromatic rings. The van der Waals surface area contributed by atoms with Crippen LogP contribution in [-0.2, 0) is 5.75 Å². The molecule has 0 fully saturated rings. The summed E-state index contributed by atoms with van der Waals surface area (Å²) in [6, 6.07) is 18.2. The Hall–Kier alpha value is -1.98. The minimum atomic E-state index is -0.145. The Balaban J connectivity index is 1.90. The van der Waals surface area contributed by atoms with Crippen molar-refractivity contribution in [3.05, 3.63) is 97.2 Å². The molecule has 3 nitrogen and oxygen atoms in total. The van der Waals surface area contributed by atoms with Crippen LogP contribution in [0.15, 0.2) is 70.6 Å². The second-order valence-corrected chi connectivity index (χ2v) is 8.67. The van der Waals surface area contributed by atoms with Crippen LogP contribution in [0.25, 0.3) is 16.6 Å². The van der Waals surface area contributed by atoms with Crippen LogP contribution in [0.4, 0.5) is 0 Å². The predicted octanol–water partition coefficient (Wildman–Crippen LogP) is 6.95. The van der Waals surface area contributed by atoms with Gasteiger partial charge in [-0.2, -0.15) is 0 Å². The van der Waals surface area contributed by atoms with E-state index in [1.54, 1.807) is 41.0 Å². The van der Waals surface area contributed by atoms with Crippen LogP contribution < -0.4 is 5.56 Å². The van der Waals surface area contributed by atoms with Gasteiger partial charge >= 0.3 is 0 Å². The van der Waals surface area contributed by atoms with Gasteiger partial charge in [0.15, 0.2) is 5.16 Å². The van der Waals surface area contributed by atoms with Crippen molar-refractivity contribution < 1.29 is 0 Å². The normalized spacial score (nSPS) is 11.2. The van der Waals surface area contributed by atoms with Gasteiger partial charge in [-0.05, 0) is 54.4 Å². The van der Waals surface area contributed by atoms with Gasteiger partial charge in [0, 0.05) is 20.8 Å². The summed E-state index contributed by atoms with van der Waals surface area (Å²) in [6.45, 7) is 1.97. The van der Waals surface area contributed by atoms with Gasteiger partial charge in [0.1, 0.15) is 0 Å². The molecule has 4 rings (SSSR count). The van der Waals surface area contributed by atoms with Gasteiger partial charge in [0.25, 0.3) is 5.56 Å². The van der Waals surface area contributed by atoms with Crippen molar-refractivity contribution in [1.82, 2.24) is 9.55 Å². The molecule has 0 spiro atoms. The standard InChI is InChI=1S/C22H15Cl3N2OS/c1-13-5-2-3-8-20(13)27-21(28)15-10-9-14(23)11-19(15)26-22(27)29-12-16-17(24)6-4-7-18(16)25/h2-11H,12H2,1H3. The first-order valence-corrected chi connectivity index (χ1v) is 10.9. The van der Waals surface area contributed by atoms with Crippen molar-refractivity contribution in [2.45, 2.75) is 17.8 Å². The molecule has 1 heterocycles. The zero-order chi connectivity index (χ0) is 20.5. The zero-order valence-corrected chi connectivity index (χ0v) is 18.4. The molecule has 3 aromatic carbocycles. The fourth-order valence-electron chi connectivity index (χ4n) is 3.07. The van der Waals surface area contributed by atoms with Gasteiger partial charge in [-0.1, -0.05) is 70.8 Å². The van der Waals surface area contributed by atoms with Crippen LogP contribution in [0, 0.1) is 6.92 Å². The molecule has 0 atom stereocenters. The summed E-state index contributed by atoms with van der Waals surface area (Å²) < 4.78 is 1.64. The lowest BCUT2D eigenvalue weighted by molar-refractivity contribution is 0.814. The summed E-state index contributed by atoms with van der Waals surface area (Å²) in [5.74, 6) is 0.475. The fourth-order valence-corrected chi connectivity index (χ4v) is 4.98. The van der Waals surface area contributed by atoms with E-state index in [0.717, 1.165) is 16.8 Å². The average molecular weight is 462 g/mol. The van der Waals surface area contributed by atoms with Crippen LogP contribution in [0.5, 0.6) is 0 Å². The zero-order valence-electron chi connectivity index (χ0n) is 15.3. The van der Waals surface area contributed by atoms with Crippen LogP contribution in [0.1, 0.15) is 11.1 Å². The van der Waals surface area contributed by atoms with Crippen LogP contribution in [0.2, 0.25) is 15.1 Å². The minimum absolute atomic E-state index is 0.145. The maximum atomic E-state index is 13.4. The SMILES string of the molecule is Cc1ccccc1-n1c(SCc2c(Cl)cccc2Cl)nc2cc(Cl)ccc2c1=O. The number of aromatic nitrogens is 2. The predicted molar refractivity (Wildman–Crippen MR) is 123 cm³/mol. The molecular formula is C22H15Cl3N2OS. The van der Waals surface area contributed by atoms with Crippen molar-refractivity contribution in [1.29, 1.82) is 0 Å². The fraction of sp³-hybridized carbons (Fsp3) is 0.0909. The average Bonchev–Trinajstić information content (AvgIpc) is 2.68. The van der Waals surface area contributed by atoms with Gasteiger partial charge in [0.05, 0.1) is 16.6 Å². The number of nitrogens with zero attached hydrogens (tertiary/aromatic N) is 2. The van der Waals surface area contributed by atoms with Crippen LogP contribution in [0.3, 0.4) is 0 Å². The topological polar surface area (TPSA) is 34.9 Å². The number of halogens is 3. The summed E-state index contributed by atoms with van der Waals surface area (Å²) in [5, 5.41) is 2.76. The van der Waals surface area contributed by atoms with Crippen LogP contribution >= 0.6 is 46.6 Å². The molecule has 0 bridgehead atoms. The number of fused-ring (bicyclic) bond motifs is 1. The number of aryl methyl sites for hydroxylation is 1. The molecule has 146 valence electrons. The summed E-state index contributed by atoms with van der Waals surface area (Å²) in [7, 11) is 0. The highest BCUT2D eigenvalue weighted by atomic mass is 35.5. The molecule has 29 heavy (non-hydrogen) atoms. The molecule has 1 aromatic heterocycles. The number of hydrogen-bond acceptors (Lipinski definition) is 3. The number of para-hydroxylation sites is 1. The van der Waals surface area contributed by atoms with Crippen molar-refractivity contribution >= 4 is 57.5 Å². The molecule has 0 N–H and O–H groups in total. The van der Waals surface area contributed by atoms with Gasteiger partial charge in [-0.25, -0.2) is 4.98 Å². The molecular weight excluding hydrogens is 447 g/mol. The summed E-state index contributed by atoms with van der Waals surface area (Å²) in [5.41, 5.74) is 2.98. The first-order chi connectivity index (χ1) is 14.0. The lowest BCUT2D eigenvalue weighted by atomic mass is 10.2. The van der Waals surface area contributed by atoms with Gasteiger partial charge < -0.3 is 0 Å². The van der Waals surface area contributed by atoms with E-state index in [-0.39, 0.29) is 5.56 Å². The first-order valence-electron chi connectivity index (χ1n) is 8.79. The number of benzene rings is 3. The smallest absolute Gasteiger partial charge is 0.266 e. The molecule has 0 saturated heterocycles. The Bertz CT molecular complexity index is 1270. The van der Waals surface area contributed by atoms with E-state index in [1.807, 2.05) is 31.2 Å². The third-order valence-corrected chi connectivity index (χ3v) is 6.47. The largest absolute Gasteiger partial charge is 0.268 e. The second kappa shape index (κ2) is 8.41. The lowest BCUT2D eigenvalue weighted by Gasteiger charge is -2.15. The van der Waals surface area contributed by atoms with Crippen LogP contribution in [-0.4, -0.2) is 9.55 Å². The van der Waals surface area contributed by atoms with Crippen molar-refractivity contribution in [3.63, 3.8) is 0 Å². The quantitative estimate of drug-likeness (QED) is 0.244. The molecule has 0 amide bonds. The molecule has 0 aliphatic rings. The van der Waals surface area contributed by atoms with Crippen molar-refractivity contribution in [2.24, 2.45) is 0 Å². The molecule has 0 saturated carbocycles.